The molecule has 5 N–H and O–H groups in total. The van der Waals surface area contributed by atoms with Crippen LogP contribution in [0.15, 0.2) is 71.6 Å². The van der Waals surface area contributed by atoms with Gasteiger partial charge in [-0.05, 0) is 83.8 Å². The van der Waals surface area contributed by atoms with Gasteiger partial charge in [0.25, 0.3) is 5.91 Å². The number of thiophene rings is 1. The second-order valence-electron chi connectivity index (χ2n) is 7.06. The number of hydrogen-bond donors (Lipinski definition) is 3. The summed E-state index contributed by atoms with van der Waals surface area (Å²) < 4.78 is 14.3. The summed E-state index contributed by atoms with van der Waals surface area (Å²) in [7, 11) is 0. The fourth-order valence-corrected chi connectivity index (χ4v) is 5.03. The van der Waals surface area contributed by atoms with Gasteiger partial charge in [-0.1, -0.05) is 18.2 Å². The Morgan fingerprint density at radius 3 is 2.55 bits per heavy atom. The average Bonchev–Trinajstić information content (AvgIpc) is 3.20. The van der Waals surface area contributed by atoms with Crippen molar-refractivity contribution in [2.45, 2.75) is 11.3 Å². The van der Waals surface area contributed by atoms with Gasteiger partial charge in [0.05, 0.1) is 16.3 Å². The number of halogens is 1. The van der Waals surface area contributed by atoms with Gasteiger partial charge in [0.1, 0.15) is 5.82 Å². The lowest BCUT2D eigenvalue weighted by molar-refractivity contribution is 0.103. The van der Waals surface area contributed by atoms with Gasteiger partial charge in [0.15, 0.2) is 0 Å². The Morgan fingerprint density at radius 2 is 1.77 bits per heavy atom. The van der Waals surface area contributed by atoms with E-state index >= 15 is 0 Å². The van der Waals surface area contributed by atoms with E-state index in [0.717, 1.165) is 33.4 Å². The first-order valence-corrected chi connectivity index (χ1v) is 11.7. The molecule has 0 atom stereocenters. The van der Waals surface area contributed by atoms with Crippen molar-refractivity contribution in [3.63, 3.8) is 0 Å². The molecule has 0 saturated carbocycles. The van der Waals surface area contributed by atoms with Crippen molar-refractivity contribution >= 4 is 50.5 Å². The molecular formula is C24H22FN3OS2. The molecule has 0 unspecified atom stereocenters. The molecule has 4 aromatic rings. The van der Waals surface area contributed by atoms with Crippen LogP contribution in [0.4, 0.5) is 15.8 Å². The first-order chi connectivity index (χ1) is 15.0. The predicted octanol–water partition coefficient (Wildman–Crippen LogP) is 5.98. The van der Waals surface area contributed by atoms with Crippen LogP contribution in [-0.4, -0.2) is 18.2 Å². The first kappa shape index (κ1) is 21.4. The summed E-state index contributed by atoms with van der Waals surface area (Å²) in [5.41, 5.74) is 14.3. The van der Waals surface area contributed by atoms with Crippen molar-refractivity contribution in [2.24, 2.45) is 5.73 Å². The molecule has 158 valence electrons. The number of benzene rings is 3. The highest BCUT2D eigenvalue weighted by atomic mass is 32.2. The maximum Gasteiger partial charge on any atom is 0.265 e. The number of fused-ring (bicyclic) bond motifs is 1. The van der Waals surface area contributed by atoms with Crippen molar-refractivity contribution in [1.82, 2.24) is 0 Å². The van der Waals surface area contributed by atoms with Gasteiger partial charge in [0, 0.05) is 9.60 Å². The Bertz CT molecular complexity index is 1220. The molecule has 7 heteroatoms. The molecule has 0 saturated heterocycles. The van der Waals surface area contributed by atoms with Crippen LogP contribution in [0.1, 0.15) is 16.1 Å². The van der Waals surface area contributed by atoms with Crippen molar-refractivity contribution in [2.75, 3.05) is 23.3 Å². The Balaban J connectivity index is 1.54. The van der Waals surface area contributed by atoms with Gasteiger partial charge >= 0.3 is 0 Å². The number of rotatable bonds is 7. The van der Waals surface area contributed by atoms with Gasteiger partial charge in [-0.2, -0.15) is 0 Å². The lowest BCUT2D eigenvalue weighted by Gasteiger charge is -2.10. The van der Waals surface area contributed by atoms with Crippen molar-refractivity contribution in [1.29, 1.82) is 0 Å². The van der Waals surface area contributed by atoms with E-state index in [4.69, 9.17) is 11.5 Å². The monoisotopic (exact) mass is 451 g/mol. The second-order valence-corrected chi connectivity index (χ2v) is 9.32. The van der Waals surface area contributed by atoms with E-state index < -0.39 is 0 Å². The Kier molecular flexibility index (Phi) is 6.56. The Morgan fingerprint density at radius 1 is 1.00 bits per heavy atom. The summed E-state index contributed by atoms with van der Waals surface area (Å²) in [4.78, 5) is 14.7. The van der Waals surface area contributed by atoms with Crippen LogP contribution >= 0.6 is 23.1 Å². The number of nitrogen functional groups attached to an aromatic ring is 1. The molecule has 0 bridgehead atoms. The van der Waals surface area contributed by atoms with E-state index in [0.29, 0.717) is 22.8 Å². The van der Waals surface area contributed by atoms with Gasteiger partial charge in [-0.3, -0.25) is 4.79 Å². The molecule has 1 aromatic heterocycles. The predicted molar refractivity (Wildman–Crippen MR) is 130 cm³/mol. The number of amides is 1. The second kappa shape index (κ2) is 9.51. The summed E-state index contributed by atoms with van der Waals surface area (Å²) in [6.07, 6.45) is 0.971. The summed E-state index contributed by atoms with van der Waals surface area (Å²) in [6.45, 7) is 0.684. The molecular weight excluding hydrogens is 429 g/mol. The van der Waals surface area contributed by atoms with Crippen LogP contribution < -0.4 is 16.8 Å². The molecule has 0 aliphatic carbocycles. The molecule has 3 aromatic carbocycles. The zero-order valence-corrected chi connectivity index (χ0v) is 18.4. The van der Waals surface area contributed by atoms with Crippen molar-refractivity contribution in [3.8, 4) is 11.1 Å². The van der Waals surface area contributed by atoms with Gasteiger partial charge in [0.2, 0.25) is 0 Å². The molecule has 0 fully saturated rings. The zero-order valence-electron chi connectivity index (χ0n) is 16.7. The number of carbonyl (C=O) groups excluding carboxylic acids is 1. The molecule has 1 amide bonds. The van der Waals surface area contributed by atoms with E-state index in [1.165, 1.54) is 28.4 Å². The Labute approximate surface area is 188 Å². The van der Waals surface area contributed by atoms with Crippen LogP contribution in [0.3, 0.4) is 0 Å². The SMILES string of the molecule is NCCCSc1ccc2sc(C(=O)Nc3cc(-c4ccc(F)cc4)ccc3N)cc2c1. The van der Waals surface area contributed by atoms with Crippen LogP contribution in [-0.2, 0) is 0 Å². The minimum atomic E-state index is -0.293. The van der Waals surface area contributed by atoms with Crippen molar-refractivity contribution < 1.29 is 9.18 Å². The highest BCUT2D eigenvalue weighted by Crippen LogP contribution is 2.32. The van der Waals surface area contributed by atoms with E-state index in [2.05, 4.69) is 17.4 Å². The van der Waals surface area contributed by atoms with Crippen LogP contribution in [0.25, 0.3) is 21.2 Å². The normalized spacial score (nSPS) is 11.0. The fourth-order valence-electron chi connectivity index (χ4n) is 3.17. The third-order valence-electron chi connectivity index (χ3n) is 4.81. The maximum atomic E-state index is 13.2. The quantitative estimate of drug-likeness (QED) is 0.183. The first-order valence-electron chi connectivity index (χ1n) is 9.87. The Hall–Kier alpha value is -2.87. The van der Waals surface area contributed by atoms with Crippen LogP contribution in [0.2, 0.25) is 0 Å². The molecule has 0 aliphatic rings. The van der Waals surface area contributed by atoms with Gasteiger partial charge in [-0.25, -0.2) is 4.39 Å². The van der Waals surface area contributed by atoms with Gasteiger partial charge < -0.3 is 16.8 Å². The van der Waals surface area contributed by atoms with Crippen LogP contribution in [0, 0.1) is 5.82 Å². The standard InChI is InChI=1S/C24H22FN3OS2/c25-18-5-2-15(3-6-18)16-4-8-20(27)21(13-16)28-24(29)23-14-17-12-19(30-11-1-10-26)7-9-22(17)31-23/h2-9,12-14H,1,10-11,26-27H2,(H,28,29). The highest BCUT2D eigenvalue weighted by molar-refractivity contribution is 7.99. The number of hydrogen-bond acceptors (Lipinski definition) is 5. The molecule has 0 radical (unpaired) electrons. The number of thioether (sulfide) groups is 1. The van der Waals surface area contributed by atoms with E-state index in [1.54, 1.807) is 36.0 Å². The fraction of sp³-hybridized carbons (Fsp3) is 0.125. The smallest absolute Gasteiger partial charge is 0.265 e. The third kappa shape index (κ3) is 5.07. The molecule has 1 heterocycles. The summed E-state index contributed by atoms with van der Waals surface area (Å²) in [6, 6.07) is 19.7. The third-order valence-corrected chi connectivity index (χ3v) is 7.00. The van der Waals surface area contributed by atoms with Crippen LogP contribution in [0.5, 0.6) is 0 Å². The number of nitrogens with one attached hydrogen (secondary N) is 1. The topological polar surface area (TPSA) is 81.1 Å². The van der Waals surface area contributed by atoms with E-state index in [9.17, 15) is 9.18 Å². The van der Waals surface area contributed by atoms with E-state index in [-0.39, 0.29) is 11.7 Å². The number of anilines is 2. The molecule has 0 aliphatic heterocycles. The highest BCUT2D eigenvalue weighted by Gasteiger charge is 2.13. The lowest BCUT2D eigenvalue weighted by Crippen LogP contribution is -2.11. The number of carbonyl (C=O) groups is 1. The van der Waals surface area contributed by atoms with E-state index in [1.807, 2.05) is 18.2 Å². The zero-order chi connectivity index (χ0) is 21.8. The van der Waals surface area contributed by atoms with Crippen molar-refractivity contribution in [3.05, 3.63) is 77.4 Å². The minimum Gasteiger partial charge on any atom is -0.397 e. The minimum absolute atomic E-state index is 0.207. The summed E-state index contributed by atoms with van der Waals surface area (Å²) in [5.74, 6) is 0.475. The largest absolute Gasteiger partial charge is 0.397 e. The maximum absolute atomic E-state index is 13.2. The van der Waals surface area contributed by atoms with Gasteiger partial charge in [-0.15, -0.1) is 23.1 Å². The summed E-state index contributed by atoms with van der Waals surface area (Å²) >= 11 is 3.21. The lowest BCUT2D eigenvalue weighted by atomic mass is 10.0. The molecule has 0 spiro atoms. The average molecular weight is 452 g/mol. The molecule has 4 nitrogen and oxygen atoms in total. The molecule has 31 heavy (non-hydrogen) atoms. The molecule has 4 rings (SSSR count). The summed E-state index contributed by atoms with van der Waals surface area (Å²) in [5, 5.41) is 3.96. The number of nitrogens with two attached hydrogens (primary N) is 2.